The molecule has 7 aromatic rings. The van der Waals surface area contributed by atoms with Gasteiger partial charge in [-0.1, -0.05) is 48.5 Å². The Kier molecular flexibility index (Phi) is 17.7. The Morgan fingerprint density at radius 2 is 0.471 bits per heavy atom. The molecule has 0 saturated carbocycles. The van der Waals surface area contributed by atoms with E-state index in [9.17, 15) is 51.9 Å². The topological polar surface area (TPSA) is 275 Å². The van der Waals surface area contributed by atoms with Crippen LogP contribution in [0.25, 0.3) is 90.9 Å². The Morgan fingerprint density at radius 3 is 0.632 bits per heavy atom. The van der Waals surface area contributed by atoms with E-state index >= 15 is 0 Å². The summed E-state index contributed by atoms with van der Waals surface area (Å²) in [7, 11) is -18.2. The molecule has 0 atom stereocenters. The molecule has 5 heterocycles. The molecular formula is C44H34N4Na4O12S4. The van der Waals surface area contributed by atoms with Gasteiger partial charge in [0, 0.05) is 44.3 Å². The average Bonchev–Trinajstić information content (AvgIpc) is 4.08. The van der Waals surface area contributed by atoms with E-state index in [1.165, 1.54) is 97.1 Å². The first-order chi connectivity index (χ1) is 30.2. The van der Waals surface area contributed by atoms with Crippen LogP contribution in [0.15, 0.2) is 141 Å². The van der Waals surface area contributed by atoms with Crippen LogP contribution in [-0.2, 0) is 40.5 Å². The summed E-state index contributed by atoms with van der Waals surface area (Å²) in [5, 5.41) is 0. The summed E-state index contributed by atoms with van der Waals surface area (Å²) in [4.78, 5) is 15.6. The molecule has 0 spiro atoms. The molecule has 0 fully saturated rings. The van der Waals surface area contributed by atoms with Crippen LogP contribution in [-0.4, -0.2) is 190 Å². The van der Waals surface area contributed by atoms with Crippen LogP contribution in [0, 0.1) is 0 Å². The molecule has 0 saturated heterocycles. The van der Waals surface area contributed by atoms with E-state index in [-0.39, 0.29) is 138 Å². The van der Waals surface area contributed by atoms with Crippen LogP contribution in [0.4, 0.5) is 0 Å². The van der Waals surface area contributed by atoms with Gasteiger partial charge in [0.2, 0.25) is 0 Å². The normalized spacial score (nSPS) is 12.3. The first kappa shape index (κ1) is 56.0. The number of aromatic nitrogens is 4. The number of aromatic amines is 2. The number of hydrogen-bond acceptors (Lipinski definition) is 10. The van der Waals surface area contributed by atoms with Crippen molar-refractivity contribution in [3.8, 4) is 44.5 Å². The van der Waals surface area contributed by atoms with Crippen molar-refractivity contribution in [2.75, 3.05) is 0 Å². The number of H-pyrrole nitrogens is 2. The van der Waals surface area contributed by atoms with E-state index in [2.05, 4.69) is 9.97 Å². The summed E-state index contributed by atoms with van der Waals surface area (Å²) >= 11 is 0. The molecule has 3 aromatic heterocycles. The Labute approximate surface area is 478 Å². The summed E-state index contributed by atoms with van der Waals surface area (Å²) in [6.45, 7) is 0. The summed E-state index contributed by atoms with van der Waals surface area (Å²) in [6, 6.07) is 29.0. The molecule has 0 amide bonds. The van der Waals surface area contributed by atoms with Gasteiger partial charge in [0.15, 0.2) is 0 Å². The number of rotatable bonds is 8. The molecule has 2 aliphatic rings. The predicted octanol–water partition coefficient (Wildman–Crippen LogP) is 5.72. The molecule has 0 radical (unpaired) electrons. The van der Waals surface area contributed by atoms with Crippen LogP contribution < -0.4 is 0 Å². The second-order valence-corrected chi connectivity index (χ2v) is 20.2. The quantitative estimate of drug-likeness (QED) is 0.0786. The monoisotopic (exact) mass is 1030 g/mol. The van der Waals surface area contributed by atoms with Gasteiger partial charge in [0.1, 0.15) is 0 Å². The second-order valence-electron chi connectivity index (χ2n) is 14.5. The van der Waals surface area contributed by atoms with Gasteiger partial charge in [-0.15, -0.1) is 0 Å². The Morgan fingerprint density at radius 1 is 0.294 bits per heavy atom. The molecule has 16 nitrogen and oxygen atoms in total. The fraction of sp³-hybridized carbons (Fsp3) is 0. The Bertz CT molecular complexity index is 3320. The average molecular weight is 1030 g/mol. The zero-order valence-electron chi connectivity index (χ0n) is 32.4. The van der Waals surface area contributed by atoms with E-state index < -0.39 is 40.5 Å². The number of benzene rings is 4. The van der Waals surface area contributed by atoms with Crippen molar-refractivity contribution in [1.82, 2.24) is 19.9 Å². The summed E-state index contributed by atoms with van der Waals surface area (Å²) in [6.07, 6.45) is 6.92. The molecule has 9 rings (SSSR count). The van der Waals surface area contributed by atoms with Gasteiger partial charge in [-0.25, -0.2) is 9.97 Å². The minimum absolute atomic E-state index is 0. The third kappa shape index (κ3) is 11.6. The summed E-state index contributed by atoms with van der Waals surface area (Å²) in [5.74, 6) is 0. The van der Waals surface area contributed by atoms with Crippen molar-refractivity contribution in [2.24, 2.45) is 0 Å². The molecule has 330 valence electrons. The number of fused-ring (bicyclic) bond motifs is 8. The summed E-state index contributed by atoms with van der Waals surface area (Å²) in [5.41, 5.74) is 7.41. The zero-order valence-corrected chi connectivity index (χ0v) is 35.7. The van der Waals surface area contributed by atoms with Gasteiger partial charge in [0.05, 0.1) is 42.4 Å². The number of nitrogens with zero attached hydrogens (tertiary/aromatic N) is 2. The molecule has 68 heavy (non-hydrogen) atoms. The van der Waals surface area contributed by atoms with E-state index in [0.717, 1.165) is 0 Å². The van der Waals surface area contributed by atoms with Crippen LogP contribution >= 0.6 is 0 Å². The first-order valence-corrected chi connectivity index (χ1v) is 24.5. The number of hydrogen-bond donors (Lipinski definition) is 6. The van der Waals surface area contributed by atoms with Crippen molar-refractivity contribution in [1.29, 1.82) is 0 Å². The predicted molar refractivity (Wildman–Crippen MR) is 268 cm³/mol. The fourth-order valence-electron chi connectivity index (χ4n) is 7.59. The molecular weight excluding hydrogens is 997 g/mol. The molecule has 6 N–H and O–H groups in total. The van der Waals surface area contributed by atoms with Crippen molar-refractivity contribution in [3.63, 3.8) is 0 Å². The van der Waals surface area contributed by atoms with Gasteiger partial charge >= 0.3 is 118 Å². The van der Waals surface area contributed by atoms with E-state index in [1.807, 2.05) is 0 Å². The Hall–Kier alpha value is -2.88. The van der Waals surface area contributed by atoms with Crippen molar-refractivity contribution in [2.45, 2.75) is 19.6 Å². The van der Waals surface area contributed by atoms with Gasteiger partial charge in [0.25, 0.3) is 40.5 Å². The molecule has 4 aromatic carbocycles. The SMILES string of the molecule is O=S(=O)(O)c1ccc(-c2c3nc(c(-c4ccc(S(=O)(=O)O)cc4)c4ccc([nH]4)c(-c4ccc(S(=O)(=O)O)cc4)c4nc(c(-c5ccc(S(=O)(=O)O)cc5)c5ccc2[nH]5)C=C4)C=C3)cc1.[NaH].[NaH].[NaH].[NaH]. The third-order valence-electron chi connectivity index (χ3n) is 10.5. The molecule has 24 heteroatoms. The molecule has 8 bridgehead atoms. The van der Waals surface area contributed by atoms with Crippen LogP contribution in [0.5, 0.6) is 0 Å². The minimum atomic E-state index is -4.55. The molecule has 2 aliphatic heterocycles. The van der Waals surface area contributed by atoms with Crippen molar-refractivity contribution >= 4 is 205 Å². The Balaban J connectivity index is 0.00000216. The zero-order chi connectivity index (χ0) is 45.3. The van der Waals surface area contributed by atoms with E-state index in [0.29, 0.717) is 89.4 Å². The standard InChI is InChI=1S/C44H30N4O12S4.4Na.4H/c49-61(50,51)29-9-1-25(2-10-29)41-33-17-19-35(45-33)42(26-3-11-30(12-4-26)62(52,53)54)37-21-23-39(47-37)44(28-7-15-32(16-8-28)64(58,59)60)40-24-22-38(48-40)43(36-20-18-34(41)46-36)27-5-13-31(14-6-27)63(55,56)57;;;;;;;;/h1-24,45,48H,(H,49,50,51)(H,52,53,54)(H,55,56,57)(H,58,59,60);;;;;;;;. The first-order valence-electron chi connectivity index (χ1n) is 18.7. The second kappa shape index (κ2) is 21.5. The van der Waals surface area contributed by atoms with Crippen LogP contribution in [0.1, 0.15) is 22.8 Å². The number of nitrogens with one attached hydrogen (secondary N) is 2. The van der Waals surface area contributed by atoms with Gasteiger partial charge in [-0.2, -0.15) is 33.7 Å². The van der Waals surface area contributed by atoms with Crippen molar-refractivity contribution in [3.05, 3.63) is 144 Å². The summed E-state index contributed by atoms with van der Waals surface area (Å²) < 4.78 is 135. The van der Waals surface area contributed by atoms with Crippen LogP contribution in [0.3, 0.4) is 0 Å². The van der Waals surface area contributed by atoms with Gasteiger partial charge in [-0.05, 0) is 119 Å². The molecule has 0 unspecified atom stereocenters. The maximum absolute atomic E-state index is 12.0. The fourth-order valence-corrected chi connectivity index (χ4v) is 9.51. The van der Waals surface area contributed by atoms with Gasteiger partial charge < -0.3 is 9.97 Å². The van der Waals surface area contributed by atoms with Crippen molar-refractivity contribution < 1.29 is 51.9 Å². The van der Waals surface area contributed by atoms with Crippen LogP contribution in [0.2, 0.25) is 0 Å². The van der Waals surface area contributed by atoms with E-state index in [4.69, 9.17) is 9.97 Å². The maximum atomic E-state index is 12.0. The van der Waals surface area contributed by atoms with Gasteiger partial charge in [-0.3, -0.25) is 18.2 Å². The van der Waals surface area contributed by atoms with E-state index in [1.54, 1.807) is 48.6 Å². The third-order valence-corrected chi connectivity index (χ3v) is 14.0. The molecule has 0 aliphatic carbocycles.